The minimum atomic E-state index is -1.10. The van der Waals surface area contributed by atoms with Crippen LogP contribution in [0.1, 0.15) is 47.2 Å². The maximum atomic E-state index is 12.9. The number of hydrogen-bond donors (Lipinski definition) is 1. The maximum Gasteiger partial charge on any atom is 0.323 e. The molecule has 7 aromatic carbocycles. The summed E-state index contributed by atoms with van der Waals surface area (Å²) in [5.41, 5.74) is 15.5. The Hall–Kier alpha value is -6.80. The molecule has 0 aromatic heterocycles. The van der Waals surface area contributed by atoms with Crippen LogP contribution in [0.4, 0.5) is 17.1 Å². The number of carboxylic acid groups (broad SMARTS) is 1. The van der Waals surface area contributed by atoms with Gasteiger partial charge in [0.2, 0.25) is 0 Å². The molecule has 1 saturated heterocycles. The lowest BCUT2D eigenvalue weighted by atomic mass is 9.72. The largest absolute Gasteiger partial charge is 0.480 e. The van der Waals surface area contributed by atoms with E-state index in [1.165, 1.54) is 27.8 Å². The molecule has 2 aliphatic rings. The first-order valence-corrected chi connectivity index (χ1v) is 21.0. The van der Waals surface area contributed by atoms with Crippen molar-refractivity contribution in [3.8, 4) is 22.3 Å². The van der Waals surface area contributed by atoms with Crippen molar-refractivity contribution in [3.63, 3.8) is 0 Å². The van der Waals surface area contributed by atoms with Crippen LogP contribution in [-0.4, -0.2) is 32.7 Å². The molecule has 0 aliphatic carbocycles. The van der Waals surface area contributed by atoms with Crippen molar-refractivity contribution < 1.29 is 14.7 Å². The second-order valence-electron chi connectivity index (χ2n) is 15.5. The third kappa shape index (κ3) is 7.50. The van der Waals surface area contributed by atoms with Crippen molar-refractivity contribution in [2.24, 2.45) is 0 Å². The van der Waals surface area contributed by atoms with Crippen LogP contribution in [0.3, 0.4) is 0 Å². The molecular weight excluding hydrogens is 777 g/mol. The quantitative estimate of drug-likeness (QED) is 0.0890. The van der Waals surface area contributed by atoms with Crippen LogP contribution in [0.15, 0.2) is 181 Å². The van der Waals surface area contributed by atoms with Gasteiger partial charge in [-0.3, -0.25) is 14.5 Å². The van der Waals surface area contributed by atoms with Gasteiger partial charge in [-0.15, -0.1) is 0 Å². The van der Waals surface area contributed by atoms with Crippen LogP contribution in [0.25, 0.3) is 40.0 Å². The number of para-hydroxylation sites is 1. The Morgan fingerprint density at radius 1 is 0.633 bits per heavy atom. The number of nitrogens with zero attached hydrogens (tertiary/aromatic N) is 2. The molecule has 5 nitrogen and oxygen atoms in total. The number of hydrogen-bond acceptors (Lipinski definition) is 5. The van der Waals surface area contributed by atoms with Crippen molar-refractivity contribution in [2.75, 3.05) is 11.4 Å². The first kappa shape index (κ1) is 38.7. The van der Waals surface area contributed by atoms with Crippen LogP contribution in [0.5, 0.6) is 0 Å². The fourth-order valence-electron chi connectivity index (χ4n) is 8.15. The maximum absolute atomic E-state index is 12.9. The van der Waals surface area contributed by atoms with Gasteiger partial charge in [-0.05, 0) is 110 Å². The number of amides is 1. The molecule has 7 aromatic rings. The Morgan fingerprint density at radius 3 is 1.60 bits per heavy atom. The van der Waals surface area contributed by atoms with Gasteiger partial charge >= 0.3 is 5.97 Å². The summed E-state index contributed by atoms with van der Waals surface area (Å²) in [6.45, 7) is 4.18. The average Bonchev–Trinajstić information content (AvgIpc) is 3.53. The molecule has 0 atom stereocenters. The minimum absolute atomic E-state index is 0.252. The molecule has 0 radical (unpaired) electrons. The van der Waals surface area contributed by atoms with Gasteiger partial charge in [-0.1, -0.05) is 177 Å². The Kier molecular flexibility index (Phi) is 10.4. The molecular formula is C53H40N2O3S2. The molecule has 1 N–H and O–H groups in total. The zero-order valence-electron chi connectivity index (χ0n) is 33.1. The highest BCUT2D eigenvalue weighted by Gasteiger charge is 2.38. The molecule has 2 heterocycles. The van der Waals surface area contributed by atoms with Gasteiger partial charge in [0.05, 0.1) is 16.3 Å². The normalized spacial score (nSPS) is 14.8. The van der Waals surface area contributed by atoms with E-state index in [4.69, 9.17) is 12.2 Å². The molecule has 7 heteroatoms. The Balaban J connectivity index is 1.05. The second-order valence-corrected chi connectivity index (χ2v) is 17.1. The summed E-state index contributed by atoms with van der Waals surface area (Å²) in [7, 11) is 0. The highest BCUT2D eigenvalue weighted by atomic mass is 32.2. The van der Waals surface area contributed by atoms with Gasteiger partial charge in [-0.25, -0.2) is 0 Å². The zero-order valence-corrected chi connectivity index (χ0v) is 34.7. The van der Waals surface area contributed by atoms with E-state index in [0.717, 1.165) is 67.1 Å². The number of carbonyl (C=O) groups is 2. The minimum Gasteiger partial charge on any atom is -0.480 e. The lowest BCUT2D eigenvalue weighted by Crippen LogP contribution is -2.33. The summed E-state index contributed by atoms with van der Waals surface area (Å²) < 4.78 is 0.252. The van der Waals surface area contributed by atoms with E-state index in [-0.39, 0.29) is 15.6 Å². The highest BCUT2D eigenvalue weighted by molar-refractivity contribution is 8.26. The lowest BCUT2D eigenvalue weighted by molar-refractivity contribution is -0.140. The van der Waals surface area contributed by atoms with Crippen molar-refractivity contribution in [1.82, 2.24) is 4.90 Å². The summed E-state index contributed by atoms with van der Waals surface area (Å²) in [5, 5.41) is 9.21. The molecule has 2 aliphatic heterocycles. The lowest BCUT2D eigenvalue weighted by Gasteiger charge is -2.42. The summed E-state index contributed by atoms with van der Waals surface area (Å²) in [6, 6.07) is 62.1. The van der Waals surface area contributed by atoms with E-state index < -0.39 is 12.5 Å². The topological polar surface area (TPSA) is 60.9 Å². The molecule has 0 unspecified atom stereocenters. The SMILES string of the molecule is CC1(C)c2cc(-c3ccc(C=C(c4ccccc4)c4ccccc4)cc3)ccc2N(c2ccccc2)c2ccc(-c3ccc(/C=C4\SC(=S)N(CC(=O)O)C4=O)cc3)cc21. The van der Waals surface area contributed by atoms with E-state index in [2.05, 4.69) is 183 Å². The Morgan fingerprint density at radius 2 is 1.10 bits per heavy atom. The van der Waals surface area contributed by atoms with E-state index in [1.54, 1.807) is 6.08 Å². The van der Waals surface area contributed by atoms with Crippen molar-refractivity contribution in [2.45, 2.75) is 19.3 Å². The van der Waals surface area contributed by atoms with E-state index in [0.29, 0.717) is 4.91 Å². The molecule has 0 spiro atoms. The van der Waals surface area contributed by atoms with E-state index >= 15 is 0 Å². The van der Waals surface area contributed by atoms with Crippen molar-refractivity contribution in [1.29, 1.82) is 0 Å². The van der Waals surface area contributed by atoms with Crippen LogP contribution in [-0.2, 0) is 15.0 Å². The predicted molar refractivity (Wildman–Crippen MR) is 251 cm³/mol. The molecule has 0 bridgehead atoms. The third-order valence-electron chi connectivity index (χ3n) is 11.3. The summed E-state index contributed by atoms with van der Waals surface area (Å²) in [6.07, 6.45) is 4.04. The number of fused-ring (bicyclic) bond motifs is 2. The van der Waals surface area contributed by atoms with Gasteiger partial charge < -0.3 is 10.0 Å². The molecule has 1 amide bonds. The van der Waals surface area contributed by atoms with Crippen LogP contribution in [0.2, 0.25) is 0 Å². The molecule has 1 fully saturated rings. The number of anilines is 3. The summed E-state index contributed by atoms with van der Waals surface area (Å²) in [5.74, 6) is -1.48. The summed E-state index contributed by atoms with van der Waals surface area (Å²) in [4.78, 5) is 28.0. The highest BCUT2D eigenvalue weighted by Crippen LogP contribution is 2.53. The average molecular weight is 817 g/mol. The van der Waals surface area contributed by atoms with Crippen molar-refractivity contribution in [3.05, 3.63) is 214 Å². The number of carbonyl (C=O) groups excluding carboxylic acids is 1. The number of rotatable bonds is 9. The number of carboxylic acids is 1. The van der Waals surface area contributed by atoms with Gasteiger partial charge in [-0.2, -0.15) is 0 Å². The van der Waals surface area contributed by atoms with E-state index in [1.807, 2.05) is 18.2 Å². The fourth-order valence-corrected chi connectivity index (χ4v) is 9.41. The fraction of sp³-hybridized carbons (Fsp3) is 0.0755. The molecule has 292 valence electrons. The van der Waals surface area contributed by atoms with Gasteiger partial charge in [0.1, 0.15) is 10.9 Å². The van der Waals surface area contributed by atoms with Gasteiger partial charge in [0, 0.05) is 11.1 Å². The number of thiocarbonyl (C=S) groups is 1. The Labute approximate surface area is 360 Å². The van der Waals surface area contributed by atoms with Crippen LogP contribution >= 0.6 is 24.0 Å². The smallest absolute Gasteiger partial charge is 0.323 e. The van der Waals surface area contributed by atoms with Crippen LogP contribution in [0, 0.1) is 0 Å². The number of benzene rings is 7. The zero-order chi connectivity index (χ0) is 41.4. The first-order chi connectivity index (χ1) is 29.1. The van der Waals surface area contributed by atoms with Gasteiger partial charge in [0.25, 0.3) is 5.91 Å². The monoisotopic (exact) mass is 816 g/mol. The first-order valence-electron chi connectivity index (χ1n) is 19.8. The Bertz CT molecular complexity index is 2790. The number of aliphatic carboxylic acids is 1. The van der Waals surface area contributed by atoms with E-state index in [9.17, 15) is 14.7 Å². The summed E-state index contributed by atoms with van der Waals surface area (Å²) >= 11 is 6.41. The third-order valence-corrected chi connectivity index (χ3v) is 12.6. The van der Waals surface area contributed by atoms with Crippen molar-refractivity contribution >= 4 is 75.0 Å². The standard InChI is InChI=1S/C53H40N2O3S2/c1-53(2)45-32-41(37-22-18-35(19-23-37)30-44(39-12-6-3-7-13-39)40-14-8-4-9-15-40)26-28-47(45)55(43-16-10-5-11-17-43)48-29-27-42(33-46(48)53)38-24-20-36(21-25-38)31-49-51(58)54(34-50(56)57)52(59)60-49/h3-33H,34H2,1-2H3,(H,56,57)/b49-31-. The molecule has 60 heavy (non-hydrogen) atoms. The number of thioether (sulfide) groups is 1. The second kappa shape index (κ2) is 16.1. The molecule has 9 rings (SSSR count). The van der Waals surface area contributed by atoms with Crippen LogP contribution < -0.4 is 4.90 Å². The molecule has 0 saturated carbocycles. The van der Waals surface area contributed by atoms with Gasteiger partial charge in [0.15, 0.2) is 0 Å². The predicted octanol–water partition coefficient (Wildman–Crippen LogP) is 13.0.